The maximum Gasteiger partial charge on any atom is 0.324 e. The number of benzene rings is 1. The molecule has 106 valence electrons. The van der Waals surface area contributed by atoms with E-state index in [-0.39, 0.29) is 6.03 Å². The van der Waals surface area contributed by atoms with E-state index in [4.69, 9.17) is 5.11 Å². The molecule has 1 aromatic rings. The number of rotatable bonds is 1. The van der Waals surface area contributed by atoms with Gasteiger partial charge in [-0.3, -0.25) is 9.69 Å². The zero-order valence-electron chi connectivity index (χ0n) is 11.3. The van der Waals surface area contributed by atoms with Gasteiger partial charge in [-0.2, -0.15) is 0 Å². The minimum absolute atomic E-state index is 0.0585. The van der Waals surface area contributed by atoms with E-state index in [0.29, 0.717) is 19.6 Å². The number of anilines is 1. The molecule has 2 heterocycles. The number of nitrogens with zero attached hydrogens (tertiary/aromatic N) is 2. The van der Waals surface area contributed by atoms with Gasteiger partial charge in [-0.1, -0.05) is 18.2 Å². The Bertz CT molecular complexity index is 538. The SMILES string of the molecule is O=C(O)C1CN(C(=O)N2CCCCc3ccccc32)C1. The first kappa shape index (κ1) is 13.0. The van der Waals surface area contributed by atoms with Crippen molar-refractivity contribution >= 4 is 17.7 Å². The van der Waals surface area contributed by atoms with Crippen molar-refractivity contribution in [2.75, 3.05) is 24.5 Å². The summed E-state index contributed by atoms with van der Waals surface area (Å²) in [5.41, 5.74) is 2.18. The molecule has 1 saturated heterocycles. The normalized spacial score (nSPS) is 19.0. The largest absolute Gasteiger partial charge is 0.481 e. The molecule has 0 spiro atoms. The molecule has 0 radical (unpaired) electrons. The van der Waals surface area contributed by atoms with E-state index in [1.54, 1.807) is 9.80 Å². The van der Waals surface area contributed by atoms with Crippen LogP contribution in [0, 0.1) is 5.92 Å². The van der Waals surface area contributed by atoms with Crippen LogP contribution >= 0.6 is 0 Å². The predicted octanol–water partition coefficient (Wildman–Crippen LogP) is 1.97. The second kappa shape index (κ2) is 5.15. The molecule has 1 N–H and O–H groups in total. The molecule has 0 unspecified atom stereocenters. The Morgan fingerprint density at radius 1 is 1.15 bits per heavy atom. The van der Waals surface area contributed by atoms with E-state index >= 15 is 0 Å². The molecule has 20 heavy (non-hydrogen) atoms. The monoisotopic (exact) mass is 274 g/mol. The van der Waals surface area contributed by atoms with Gasteiger partial charge in [-0.15, -0.1) is 0 Å². The summed E-state index contributed by atoms with van der Waals surface area (Å²) in [6.45, 7) is 1.36. The van der Waals surface area contributed by atoms with Crippen molar-refractivity contribution in [2.24, 2.45) is 5.92 Å². The molecule has 2 amide bonds. The summed E-state index contributed by atoms with van der Waals surface area (Å²) in [6, 6.07) is 7.93. The fourth-order valence-electron chi connectivity index (χ4n) is 2.85. The Labute approximate surface area is 117 Å². The standard InChI is InChI=1S/C15H18N2O3/c18-14(19)12-9-16(10-12)15(20)17-8-4-3-6-11-5-1-2-7-13(11)17/h1-2,5,7,12H,3-4,6,8-10H2,(H,18,19). The van der Waals surface area contributed by atoms with E-state index in [1.807, 2.05) is 18.2 Å². The van der Waals surface area contributed by atoms with E-state index in [9.17, 15) is 9.59 Å². The lowest BCUT2D eigenvalue weighted by Gasteiger charge is -2.40. The second-order valence-corrected chi connectivity index (χ2v) is 5.46. The maximum absolute atomic E-state index is 12.5. The van der Waals surface area contributed by atoms with Crippen LogP contribution < -0.4 is 4.90 Å². The first-order valence-corrected chi connectivity index (χ1v) is 7.04. The molecule has 2 aliphatic heterocycles. The molecular formula is C15H18N2O3. The van der Waals surface area contributed by atoms with Crippen molar-refractivity contribution in [3.05, 3.63) is 29.8 Å². The molecule has 1 aromatic carbocycles. The molecule has 0 aliphatic carbocycles. The van der Waals surface area contributed by atoms with Crippen LogP contribution in [0.5, 0.6) is 0 Å². The van der Waals surface area contributed by atoms with Crippen LogP contribution in [0.3, 0.4) is 0 Å². The lowest BCUT2D eigenvalue weighted by atomic mass is 10.0. The first-order valence-electron chi connectivity index (χ1n) is 7.04. The number of carbonyl (C=O) groups excluding carboxylic acids is 1. The number of hydrogen-bond acceptors (Lipinski definition) is 2. The molecule has 2 aliphatic rings. The van der Waals surface area contributed by atoms with Gasteiger partial charge in [0.2, 0.25) is 0 Å². The van der Waals surface area contributed by atoms with Gasteiger partial charge >= 0.3 is 12.0 Å². The maximum atomic E-state index is 12.5. The van der Waals surface area contributed by atoms with Crippen LogP contribution in [-0.2, 0) is 11.2 Å². The third-order valence-corrected chi connectivity index (χ3v) is 4.09. The van der Waals surface area contributed by atoms with Crippen molar-refractivity contribution in [3.8, 4) is 0 Å². The van der Waals surface area contributed by atoms with Crippen LogP contribution in [-0.4, -0.2) is 41.6 Å². The van der Waals surface area contributed by atoms with Crippen molar-refractivity contribution in [1.29, 1.82) is 0 Å². The number of fused-ring (bicyclic) bond motifs is 1. The number of likely N-dealkylation sites (tertiary alicyclic amines) is 1. The zero-order chi connectivity index (χ0) is 14.1. The molecule has 5 heteroatoms. The smallest absolute Gasteiger partial charge is 0.324 e. The van der Waals surface area contributed by atoms with Crippen LogP contribution in [0.2, 0.25) is 0 Å². The van der Waals surface area contributed by atoms with Crippen molar-refractivity contribution in [1.82, 2.24) is 4.90 Å². The summed E-state index contributed by atoms with van der Waals surface area (Å²) in [6.07, 6.45) is 3.06. The minimum atomic E-state index is -0.815. The highest BCUT2D eigenvalue weighted by molar-refractivity contribution is 5.94. The highest BCUT2D eigenvalue weighted by Crippen LogP contribution is 2.28. The lowest BCUT2D eigenvalue weighted by Crippen LogP contribution is -2.57. The Hall–Kier alpha value is -2.04. The van der Waals surface area contributed by atoms with E-state index in [0.717, 1.165) is 24.9 Å². The van der Waals surface area contributed by atoms with Gasteiger partial charge in [0, 0.05) is 25.3 Å². The van der Waals surface area contributed by atoms with Gasteiger partial charge in [0.1, 0.15) is 0 Å². The molecule has 0 saturated carbocycles. The van der Waals surface area contributed by atoms with Gasteiger partial charge in [0.25, 0.3) is 0 Å². The Balaban J connectivity index is 1.77. The van der Waals surface area contributed by atoms with E-state index in [2.05, 4.69) is 6.07 Å². The van der Waals surface area contributed by atoms with Gasteiger partial charge in [-0.25, -0.2) is 4.79 Å². The molecule has 1 fully saturated rings. The number of hydrogen-bond donors (Lipinski definition) is 1. The Morgan fingerprint density at radius 2 is 1.90 bits per heavy atom. The number of carbonyl (C=O) groups is 2. The molecule has 0 bridgehead atoms. The van der Waals surface area contributed by atoms with E-state index in [1.165, 1.54) is 5.56 Å². The van der Waals surface area contributed by atoms with Crippen molar-refractivity contribution in [2.45, 2.75) is 19.3 Å². The topological polar surface area (TPSA) is 60.9 Å². The summed E-state index contributed by atoms with van der Waals surface area (Å²) in [5, 5.41) is 8.89. The van der Waals surface area contributed by atoms with Crippen LogP contribution in [0.25, 0.3) is 0 Å². The lowest BCUT2D eigenvalue weighted by molar-refractivity contribution is -0.146. The summed E-state index contributed by atoms with van der Waals surface area (Å²) in [7, 11) is 0. The zero-order valence-corrected chi connectivity index (χ0v) is 11.3. The highest BCUT2D eigenvalue weighted by atomic mass is 16.4. The number of urea groups is 1. The predicted molar refractivity (Wildman–Crippen MR) is 74.8 cm³/mol. The first-order chi connectivity index (χ1) is 9.66. The number of aliphatic carboxylic acids is 1. The number of para-hydroxylation sites is 1. The second-order valence-electron chi connectivity index (χ2n) is 5.46. The fraction of sp³-hybridized carbons (Fsp3) is 0.467. The molecule has 0 atom stereocenters. The highest BCUT2D eigenvalue weighted by Gasteiger charge is 2.38. The van der Waals surface area contributed by atoms with Gasteiger partial charge in [-0.05, 0) is 30.9 Å². The van der Waals surface area contributed by atoms with Gasteiger partial charge in [0.05, 0.1) is 5.92 Å². The Morgan fingerprint density at radius 3 is 2.65 bits per heavy atom. The van der Waals surface area contributed by atoms with Crippen LogP contribution in [0.15, 0.2) is 24.3 Å². The van der Waals surface area contributed by atoms with Gasteiger partial charge in [0.15, 0.2) is 0 Å². The third-order valence-electron chi connectivity index (χ3n) is 4.09. The summed E-state index contributed by atoms with van der Waals surface area (Å²) in [5.74, 6) is -1.22. The number of carboxylic acid groups (broad SMARTS) is 1. The average molecular weight is 274 g/mol. The Kier molecular flexibility index (Phi) is 3.34. The third kappa shape index (κ3) is 2.24. The van der Waals surface area contributed by atoms with Crippen LogP contribution in [0.4, 0.5) is 10.5 Å². The molecule has 0 aromatic heterocycles. The number of amides is 2. The van der Waals surface area contributed by atoms with Crippen molar-refractivity contribution in [3.63, 3.8) is 0 Å². The van der Waals surface area contributed by atoms with Crippen LogP contribution in [0.1, 0.15) is 18.4 Å². The van der Waals surface area contributed by atoms with Gasteiger partial charge < -0.3 is 10.0 Å². The minimum Gasteiger partial charge on any atom is -0.481 e. The number of aryl methyl sites for hydroxylation is 1. The summed E-state index contributed by atoms with van der Waals surface area (Å²) >= 11 is 0. The van der Waals surface area contributed by atoms with Crippen molar-refractivity contribution < 1.29 is 14.7 Å². The molecular weight excluding hydrogens is 256 g/mol. The fourth-order valence-corrected chi connectivity index (χ4v) is 2.85. The van der Waals surface area contributed by atoms with E-state index < -0.39 is 11.9 Å². The summed E-state index contributed by atoms with van der Waals surface area (Å²) < 4.78 is 0. The summed E-state index contributed by atoms with van der Waals surface area (Å²) in [4.78, 5) is 26.8. The average Bonchev–Trinajstić information content (AvgIpc) is 2.58. The molecule has 3 rings (SSSR count). The molecule has 5 nitrogen and oxygen atoms in total. The number of carboxylic acids is 1. The quantitative estimate of drug-likeness (QED) is 0.851.